The molecule has 0 aromatic carbocycles. The lowest BCUT2D eigenvalue weighted by atomic mass is 10.0. The van der Waals surface area contributed by atoms with Crippen molar-refractivity contribution in [1.82, 2.24) is 14.9 Å². The Hall–Kier alpha value is -2.97. The standard InChI is InChI=1S/C22H27N5O3/c1-2-16-11-15(5-7-24-16)17-12-18(23)22(25-21(17)14-3-4-14)26-8-9-27(20(30)13-26)19(29)6-10-28/h2,5,7,11-12,14,20,28,30H,1,3-4,6,8-10,13,23H2/t20-/m0/s1. The Morgan fingerprint density at radius 2 is 2.13 bits per heavy atom. The number of carbonyl (C=O) groups is 1. The maximum Gasteiger partial charge on any atom is 0.227 e. The molecule has 1 saturated carbocycles. The Labute approximate surface area is 175 Å². The van der Waals surface area contributed by atoms with Crippen LogP contribution in [0.2, 0.25) is 0 Å². The van der Waals surface area contributed by atoms with Gasteiger partial charge in [-0.25, -0.2) is 4.98 Å². The van der Waals surface area contributed by atoms with Gasteiger partial charge in [0.1, 0.15) is 6.23 Å². The second-order valence-corrected chi connectivity index (χ2v) is 7.77. The number of aromatic nitrogens is 2. The van der Waals surface area contributed by atoms with Crippen LogP contribution in [-0.4, -0.2) is 63.5 Å². The van der Waals surface area contributed by atoms with Crippen molar-refractivity contribution in [3.05, 3.63) is 42.4 Å². The Bertz CT molecular complexity index is 960. The third-order valence-corrected chi connectivity index (χ3v) is 5.63. The average molecular weight is 409 g/mol. The van der Waals surface area contributed by atoms with Gasteiger partial charge in [0.05, 0.1) is 30.2 Å². The lowest BCUT2D eigenvalue weighted by Crippen LogP contribution is -2.55. The summed E-state index contributed by atoms with van der Waals surface area (Å²) in [5.41, 5.74) is 10.7. The lowest BCUT2D eigenvalue weighted by molar-refractivity contribution is -0.142. The van der Waals surface area contributed by atoms with Crippen molar-refractivity contribution < 1.29 is 15.0 Å². The van der Waals surface area contributed by atoms with E-state index in [1.807, 2.05) is 23.1 Å². The summed E-state index contributed by atoms with van der Waals surface area (Å²) in [5, 5.41) is 19.5. The average Bonchev–Trinajstić information content (AvgIpc) is 3.59. The summed E-state index contributed by atoms with van der Waals surface area (Å²) in [5.74, 6) is 0.791. The van der Waals surface area contributed by atoms with Crippen LogP contribution in [0, 0.1) is 0 Å². The van der Waals surface area contributed by atoms with E-state index in [0.29, 0.717) is 30.5 Å². The number of aliphatic hydroxyl groups is 2. The van der Waals surface area contributed by atoms with E-state index in [0.717, 1.165) is 35.4 Å². The molecule has 8 nitrogen and oxygen atoms in total. The van der Waals surface area contributed by atoms with Gasteiger partial charge < -0.3 is 25.7 Å². The van der Waals surface area contributed by atoms with Crippen LogP contribution in [0.1, 0.15) is 36.6 Å². The molecule has 1 aliphatic heterocycles. The van der Waals surface area contributed by atoms with E-state index in [4.69, 9.17) is 15.8 Å². The Kier molecular flexibility index (Phi) is 5.69. The van der Waals surface area contributed by atoms with E-state index in [2.05, 4.69) is 11.6 Å². The summed E-state index contributed by atoms with van der Waals surface area (Å²) < 4.78 is 0. The Morgan fingerprint density at radius 1 is 1.33 bits per heavy atom. The highest BCUT2D eigenvalue weighted by atomic mass is 16.3. The van der Waals surface area contributed by atoms with Gasteiger partial charge in [-0.3, -0.25) is 9.78 Å². The van der Waals surface area contributed by atoms with Crippen LogP contribution in [0.25, 0.3) is 17.2 Å². The zero-order valence-electron chi connectivity index (χ0n) is 16.9. The molecule has 2 fully saturated rings. The molecule has 8 heteroatoms. The van der Waals surface area contributed by atoms with Gasteiger partial charge in [-0.05, 0) is 42.7 Å². The fourth-order valence-electron chi connectivity index (χ4n) is 3.90. The molecule has 3 heterocycles. The maximum atomic E-state index is 12.1. The second-order valence-electron chi connectivity index (χ2n) is 7.77. The van der Waals surface area contributed by atoms with Crippen molar-refractivity contribution in [3.63, 3.8) is 0 Å². The molecule has 0 unspecified atom stereocenters. The first-order chi connectivity index (χ1) is 14.5. The number of nitrogens with two attached hydrogens (primary N) is 1. The normalized spacial score (nSPS) is 19.1. The number of pyridine rings is 2. The third-order valence-electron chi connectivity index (χ3n) is 5.63. The highest BCUT2D eigenvalue weighted by molar-refractivity contribution is 5.78. The number of nitrogen functional groups attached to an aromatic ring is 1. The number of hydrogen-bond donors (Lipinski definition) is 3. The molecule has 2 aromatic rings. The molecule has 2 aliphatic rings. The zero-order valence-corrected chi connectivity index (χ0v) is 16.9. The van der Waals surface area contributed by atoms with E-state index < -0.39 is 6.23 Å². The molecular formula is C22H27N5O3. The van der Waals surface area contributed by atoms with Gasteiger partial charge in [-0.1, -0.05) is 6.58 Å². The third kappa shape index (κ3) is 4.01. The lowest BCUT2D eigenvalue weighted by Gasteiger charge is -2.39. The Morgan fingerprint density at radius 3 is 2.80 bits per heavy atom. The summed E-state index contributed by atoms with van der Waals surface area (Å²) >= 11 is 0. The Balaban J connectivity index is 1.63. The van der Waals surface area contributed by atoms with E-state index in [9.17, 15) is 9.90 Å². The quantitative estimate of drug-likeness (QED) is 0.663. The van der Waals surface area contributed by atoms with Gasteiger partial charge in [-0.2, -0.15) is 0 Å². The fourth-order valence-corrected chi connectivity index (χ4v) is 3.90. The van der Waals surface area contributed by atoms with Crippen molar-refractivity contribution in [2.24, 2.45) is 0 Å². The number of rotatable bonds is 6. The predicted molar refractivity (Wildman–Crippen MR) is 116 cm³/mol. The highest BCUT2D eigenvalue weighted by Gasteiger charge is 2.33. The first kappa shape index (κ1) is 20.3. The topological polar surface area (TPSA) is 116 Å². The van der Waals surface area contributed by atoms with Gasteiger partial charge in [0.2, 0.25) is 5.91 Å². The minimum atomic E-state index is -0.960. The summed E-state index contributed by atoms with van der Waals surface area (Å²) in [6, 6.07) is 5.88. The van der Waals surface area contributed by atoms with Crippen LogP contribution in [0.15, 0.2) is 31.0 Å². The molecular weight excluding hydrogens is 382 g/mol. The van der Waals surface area contributed by atoms with Crippen molar-refractivity contribution >= 4 is 23.5 Å². The van der Waals surface area contributed by atoms with Gasteiger partial charge >= 0.3 is 0 Å². The van der Waals surface area contributed by atoms with E-state index >= 15 is 0 Å². The van der Waals surface area contributed by atoms with Crippen LogP contribution in [0.5, 0.6) is 0 Å². The smallest absolute Gasteiger partial charge is 0.227 e. The number of amides is 1. The summed E-state index contributed by atoms with van der Waals surface area (Å²) in [6.07, 6.45) is 4.70. The molecule has 0 spiro atoms. The first-order valence-corrected chi connectivity index (χ1v) is 10.2. The largest absolute Gasteiger partial charge is 0.396 e. The SMILES string of the molecule is C=Cc1cc(-c2cc(N)c(N3CCN(C(=O)CCO)[C@@H](O)C3)nc2C2CC2)ccn1. The van der Waals surface area contributed by atoms with Gasteiger partial charge in [0.25, 0.3) is 0 Å². The van der Waals surface area contributed by atoms with E-state index in [1.54, 1.807) is 12.3 Å². The van der Waals surface area contributed by atoms with Gasteiger partial charge in [0.15, 0.2) is 5.82 Å². The maximum absolute atomic E-state index is 12.1. The van der Waals surface area contributed by atoms with Gasteiger partial charge in [0, 0.05) is 37.2 Å². The molecule has 1 atom stereocenters. The molecule has 1 amide bonds. The van der Waals surface area contributed by atoms with E-state index in [-0.39, 0.29) is 25.5 Å². The fraction of sp³-hybridized carbons (Fsp3) is 0.409. The van der Waals surface area contributed by atoms with Gasteiger partial charge in [-0.15, -0.1) is 0 Å². The molecule has 0 bridgehead atoms. The first-order valence-electron chi connectivity index (χ1n) is 10.2. The number of anilines is 2. The number of piperazine rings is 1. The molecule has 30 heavy (non-hydrogen) atoms. The molecule has 158 valence electrons. The number of carbonyl (C=O) groups excluding carboxylic acids is 1. The molecule has 4 rings (SSSR count). The molecule has 2 aromatic heterocycles. The van der Waals surface area contributed by atoms with Crippen LogP contribution in [0.3, 0.4) is 0 Å². The number of nitrogens with zero attached hydrogens (tertiary/aromatic N) is 4. The number of hydrogen-bond acceptors (Lipinski definition) is 7. The van der Waals surface area contributed by atoms with Crippen molar-refractivity contribution in [2.45, 2.75) is 31.4 Å². The van der Waals surface area contributed by atoms with Crippen LogP contribution >= 0.6 is 0 Å². The molecule has 4 N–H and O–H groups in total. The minimum absolute atomic E-state index is 0.0105. The van der Waals surface area contributed by atoms with Crippen LogP contribution in [-0.2, 0) is 4.79 Å². The van der Waals surface area contributed by atoms with Crippen molar-refractivity contribution in [3.8, 4) is 11.1 Å². The summed E-state index contributed by atoms with van der Waals surface area (Å²) in [7, 11) is 0. The van der Waals surface area contributed by atoms with Crippen LogP contribution in [0.4, 0.5) is 11.5 Å². The van der Waals surface area contributed by atoms with Crippen molar-refractivity contribution in [1.29, 1.82) is 0 Å². The number of aliphatic hydroxyl groups excluding tert-OH is 2. The van der Waals surface area contributed by atoms with Crippen LogP contribution < -0.4 is 10.6 Å². The summed E-state index contributed by atoms with van der Waals surface area (Å²) in [6.45, 7) is 4.67. The van der Waals surface area contributed by atoms with E-state index in [1.165, 1.54) is 4.90 Å². The minimum Gasteiger partial charge on any atom is -0.396 e. The highest BCUT2D eigenvalue weighted by Crippen LogP contribution is 2.45. The predicted octanol–water partition coefficient (Wildman–Crippen LogP) is 1.60. The zero-order chi connectivity index (χ0) is 21.3. The number of β-amino-alcohol motifs (C(OH)–C–C–N with tert-alkyl or cyclic N) is 1. The monoisotopic (exact) mass is 409 g/mol. The summed E-state index contributed by atoms with van der Waals surface area (Å²) in [4.78, 5) is 24.6. The molecule has 1 aliphatic carbocycles. The van der Waals surface area contributed by atoms with Crippen molar-refractivity contribution in [2.75, 3.05) is 36.9 Å². The molecule has 0 radical (unpaired) electrons. The molecule has 1 saturated heterocycles. The second kappa shape index (κ2) is 8.41.